The van der Waals surface area contributed by atoms with Gasteiger partial charge in [-0.15, -0.1) is 0 Å². The van der Waals surface area contributed by atoms with Crippen LogP contribution >= 0.6 is 0 Å². The van der Waals surface area contributed by atoms with Crippen LogP contribution in [-0.2, 0) is 27.9 Å². The number of aliphatic imine (C=N–C) groups is 1. The van der Waals surface area contributed by atoms with Crippen LogP contribution in [0.1, 0.15) is 30.5 Å². The van der Waals surface area contributed by atoms with Crippen molar-refractivity contribution in [3.05, 3.63) is 65.2 Å². The first kappa shape index (κ1) is 21.0. The summed E-state index contributed by atoms with van der Waals surface area (Å²) in [5.74, 6) is -0.0589. The highest BCUT2D eigenvalue weighted by Gasteiger charge is 2.30. The minimum atomic E-state index is -3.60. The van der Waals surface area contributed by atoms with E-state index in [9.17, 15) is 13.2 Å². The lowest BCUT2D eigenvalue weighted by atomic mass is 10.1. The van der Waals surface area contributed by atoms with Gasteiger partial charge in [-0.1, -0.05) is 50.2 Å². The number of carbonyl (C=O) groups excluding carboxylic acids is 1. The fourth-order valence-electron chi connectivity index (χ4n) is 3.22. The van der Waals surface area contributed by atoms with Crippen LogP contribution in [0.2, 0.25) is 0 Å². The minimum Gasteiger partial charge on any atom is -0.350 e. The molecule has 1 aliphatic rings. The Morgan fingerprint density at radius 1 is 1.03 bits per heavy atom. The van der Waals surface area contributed by atoms with Crippen molar-refractivity contribution in [3.63, 3.8) is 0 Å². The first-order valence-corrected chi connectivity index (χ1v) is 11.2. The van der Waals surface area contributed by atoms with Gasteiger partial charge in [0.1, 0.15) is 12.4 Å². The van der Waals surface area contributed by atoms with E-state index in [0.717, 1.165) is 25.2 Å². The van der Waals surface area contributed by atoms with Gasteiger partial charge in [0.2, 0.25) is 5.91 Å². The third kappa shape index (κ3) is 5.02. The Morgan fingerprint density at radius 2 is 1.69 bits per heavy atom. The van der Waals surface area contributed by atoms with E-state index in [4.69, 9.17) is 0 Å². The normalized spacial score (nSPS) is 15.9. The van der Waals surface area contributed by atoms with Crippen molar-refractivity contribution >= 4 is 21.8 Å². The number of fused-ring (bicyclic) bond motifs is 1. The van der Waals surface area contributed by atoms with Gasteiger partial charge in [0.15, 0.2) is 0 Å². The number of amidine groups is 1. The molecule has 0 atom stereocenters. The topological polar surface area (TPSA) is 90.9 Å². The predicted molar refractivity (Wildman–Crippen MR) is 113 cm³/mol. The van der Waals surface area contributed by atoms with Gasteiger partial charge in [-0.05, 0) is 36.3 Å². The molecule has 0 fully saturated rings. The summed E-state index contributed by atoms with van der Waals surface area (Å²) in [6.45, 7) is 7.27. The summed E-state index contributed by atoms with van der Waals surface area (Å²) < 4.78 is 26.6. The first-order chi connectivity index (χ1) is 13.9. The number of rotatable bonds is 8. The number of hydrogen-bond donors (Lipinski definition) is 2. The molecule has 154 valence electrons. The van der Waals surface area contributed by atoms with E-state index in [-0.39, 0.29) is 23.2 Å². The van der Waals surface area contributed by atoms with Crippen molar-refractivity contribution in [2.45, 2.75) is 31.8 Å². The molecule has 0 radical (unpaired) electrons. The quantitative estimate of drug-likeness (QED) is 0.690. The van der Waals surface area contributed by atoms with E-state index in [0.29, 0.717) is 12.1 Å². The zero-order valence-corrected chi connectivity index (χ0v) is 17.5. The second-order valence-corrected chi connectivity index (χ2v) is 8.42. The molecule has 0 spiro atoms. The number of nitrogens with one attached hydrogen (secondary N) is 2. The third-order valence-corrected chi connectivity index (χ3v) is 6.32. The van der Waals surface area contributed by atoms with Gasteiger partial charge in [0, 0.05) is 18.7 Å². The molecule has 0 aliphatic carbocycles. The minimum absolute atomic E-state index is 0.148. The summed E-state index contributed by atoms with van der Waals surface area (Å²) in [5, 5.41) is 2.88. The van der Waals surface area contributed by atoms with Crippen LogP contribution in [0.3, 0.4) is 0 Å². The number of hydrogen-bond acceptors (Lipinski definition) is 5. The summed E-state index contributed by atoms with van der Waals surface area (Å²) in [6, 6.07) is 14.6. The van der Waals surface area contributed by atoms with E-state index in [2.05, 4.69) is 39.8 Å². The van der Waals surface area contributed by atoms with Crippen molar-refractivity contribution in [2.24, 2.45) is 4.99 Å². The molecule has 1 aliphatic heterocycles. The molecule has 0 aromatic heterocycles. The Kier molecular flexibility index (Phi) is 6.66. The SMILES string of the molecule is CCN(CC)Cc1ccccc1CNC(=O)CN=C1NS(=O)(=O)c2ccccc21. The lowest BCUT2D eigenvalue weighted by molar-refractivity contribution is -0.119. The molecule has 0 unspecified atom stereocenters. The fraction of sp³-hybridized carbons (Fsp3) is 0.333. The summed E-state index contributed by atoms with van der Waals surface area (Å²) in [4.78, 5) is 19.0. The van der Waals surface area contributed by atoms with Crippen LogP contribution in [0.25, 0.3) is 0 Å². The summed E-state index contributed by atoms with van der Waals surface area (Å²) >= 11 is 0. The monoisotopic (exact) mass is 414 g/mol. The summed E-state index contributed by atoms with van der Waals surface area (Å²) in [6.07, 6.45) is 0. The van der Waals surface area contributed by atoms with E-state index < -0.39 is 10.0 Å². The molecule has 0 saturated carbocycles. The molecule has 2 aromatic rings. The van der Waals surface area contributed by atoms with Crippen LogP contribution in [0.4, 0.5) is 0 Å². The highest BCUT2D eigenvalue weighted by Crippen LogP contribution is 2.22. The number of benzene rings is 2. The predicted octanol–water partition coefficient (Wildman–Crippen LogP) is 1.88. The zero-order valence-electron chi connectivity index (χ0n) is 16.7. The lowest BCUT2D eigenvalue weighted by Crippen LogP contribution is -2.29. The standard InChI is InChI=1S/C21H26N4O3S/c1-3-25(4-2)15-17-10-6-5-9-16(17)13-22-20(26)14-23-21-18-11-7-8-12-19(18)29(27,28)24-21/h5-12H,3-4,13-15H2,1-2H3,(H,22,26)(H,23,24). The van der Waals surface area contributed by atoms with E-state index in [1.165, 1.54) is 11.6 Å². The molecule has 2 N–H and O–H groups in total. The molecule has 1 heterocycles. The maximum atomic E-state index is 12.3. The number of sulfonamides is 1. The van der Waals surface area contributed by atoms with E-state index in [1.807, 2.05) is 18.2 Å². The molecule has 1 amide bonds. The van der Waals surface area contributed by atoms with Crippen LogP contribution in [0.15, 0.2) is 58.4 Å². The Hall–Kier alpha value is -2.71. The molecule has 7 nitrogen and oxygen atoms in total. The van der Waals surface area contributed by atoms with E-state index in [1.54, 1.807) is 18.2 Å². The molecule has 0 bridgehead atoms. The second-order valence-electron chi connectivity index (χ2n) is 6.77. The highest BCUT2D eigenvalue weighted by molar-refractivity contribution is 7.90. The average molecular weight is 415 g/mol. The molecule has 8 heteroatoms. The van der Waals surface area contributed by atoms with Crippen molar-refractivity contribution in [3.8, 4) is 0 Å². The van der Waals surface area contributed by atoms with Crippen molar-refractivity contribution in [1.82, 2.24) is 14.9 Å². The Morgan fingerprint density at radius 3 is 2.41 bits per heavy atom. The number of amides is 1. The fourth-order valence-corrected chi connectivity index (χ4v) is 4.48. The van der Waals surface area contributed by atoms with Crippen molar-refractivity contribution < 1.29 is 13.2 Å². The molecular formula is C21H26N4O3S. The van der Waals surface area contributed by atoms with Crippen molar-refractivity contribution in [1.29, 1.82) is 0 Å². The summed E-state index contributed by atoms with van der Waals surface area (Å²) in [5.41, 5.74) is 2.73. The van der Waals surface area contributed by atoms with Gasteiger partial charge >= 0.3 is 0 Å². The smallest absolute Gasteiger partial charge is 0.263 e. The Bertz CT molecular complexity index is 1010. The van der Waals surface area contributed by atoms with Gasteiger partial charge in [0.25, 0.3) is 10.0 Å². The van der Waals surface area contributed by atoms with Crippen LogP contribution in [-0.4, -0.2) is 44.7 Å². The van der Waals surface area contributed by atoms with Gasteiger partial charge in [-0.2, -0.15) is 0 Å². The Balaban J connectivity index is 1.63. The average Bonchev–Trinajstić information content (AvgIpc) is 3.00. The molecule has 2 aromatic carbocycles. The zero-order chi connectivity index (χ0) is 20.9. The van der Waals surface area contributed by atoms with Gasteiger partial charge in [-0.3, -0.25) is 19.4 Å². The highest BCUT2D eigenvalue weighted by atomic mass is 32.2. The molecular weight excluding hydrogens is 388 g/mol. The van der Waals surface area contributed by atoms with Crippen LogP contribution in [0.5, 0.6) is 0 Å². The number of nitrogens with zero attached hydrogens (tertiary/aromatic N) is 2. The number of carbonyl (C=O) groups is 1. The van der Waals surface area contributed by atoms with Crippen LogP contribution < -0.4 is 10.0 Å². The maximum Gasteiger partial charge on any atom is 0.263 e. The van der Waals surface area contributed by atoms with E-state index >= 15 is 0 Å². The summed E-state index contributed by atoms with van der Waals surface area (Å²) in [7, 11) is -3.60. The van der Waals surface area contributed by atoms with Crippen LogP contribution in [0, 0.1) is 0 Å². The third-order valence-electron chi connectivity index (χ3n) is 4.93. The molecule has 3 rings (SSSR count). The molecule has 29 heavy (non-hydrogen) atoms. The van der Waals surface area contributed by atoms with Gasteiger partial charge < -0.3 is 5.32 Å². The first-order valence-electron chi connectivity index (χ1n) is 9.67. The van der Waals surface area contributed by atoms with Gasteiger partial charge in [-0.25, -0.2) is 8.42 Å². The van der Waals surface area contributed by atoms with Crippen molar-refractivity contribution in [2.75, 3.05) is 19.6 Å². The molecule has 0 saturated heterocycles. The Labute approximate surface area is 171 Å². The maximum absolute atomic E-state index is 12.3. The van der Waals surface area contributed by atoms with Gasteiger partial charge in [0.05, 0.1) is 4.90 Å². The lowest BCUT2D eigenvalue weighted by Gasteiger charge is -2.20. The largest absolute Gasteiger partial charge is 0.350 e. The second kappa shape index (κ2) is 9.19.